The summed E-state index contributed by atoms with van der Waals surface area (Å²) in [6.45, 7) is 0. The van der Waals surface area contributed by atoms with Gasteiger partial charge < -0.3 is 5.11 Å². The van der Waals surface area contributed by atoms with Gasteiger partial charge in [-0.25, -0.2) is 8.78 Å². The molecule has 0 aliphatic carbocycles. The van der Waals surface area contributed by atoms with Gasteiger partial charge in [-0.1, -0.05) is 0 Å². The smallest absolute Gasteiger partial charge is 0.354 e. The highest BCUT2D eigenvalue weighted by atomic mass is 127. The van der Waals surface area contributed by atoms with Gasteiger partial charge in [0.15, 0.2) is 0 Å². The summed E-state index contributed by atoms with van der Waals surface area (Å²) in [5, 5.41) is 8.29. The molecule has 0 saturated carbocycles. The van der Waals surface area contributed by atoms with Crippen LogP contribution >= 0.6 is 22.6 Å². The van der Waals surface area contributed by atoms with Crippen molar-refractivity contribution in [2.45, 2.75) is 63.3 Å². The molecule has 0 spiro atoms. The Balaban J connectivity index is 7.15. The fourth-order valence-electron chi connectivity index (χ4n) is 1.76. The van der Waals surface area contributed by atoms with Crippen molar-refractivity contribution in [3.63, 3.8) is 0 Å². The predicted molar refractivity (Wildman–Crippen MR) is 70.7 cm³/mol. The molecule has 2 atom stereocenters. The molecule has 0 aromatic heterocycles. The minimum Gasteiger partial charge on any atom is -0.354 e. The number of alkyl halides is 23. The van der Waals surface area contributed by atoms with Crippen LogP contribution in [0.1, 0.15) is 0 Å². The third-order valence-corrected chi connectivity index (χ3v) is 5.24. The fraction of sp³-hybridized carbons (Fsp3) is 1.00. The summed E-state index contributed by atoms with van der Waals surface area (Å²) in [5.41, 5.74) is 0. The van der Waals surface area contributed by atoms with E-state index in [1.54, 1.807) is 0 Å². The number of hydrogen-bond acceptors (Lipinski definition) is 1. The summed E-state index contributed by atoms with van der Waals surface area (Å²) in [4.78, 5) is 0. The van der Waals surface area contributed by atoms with Gasteiger partial charge in [0.25, 0.3) is 0 Å². The Morgan fingerprint density at radius 3 is 0.714 bits per heavy atom. The molecule has 0 bridgehead atoms. The molecule has 24 heteroatoms. The van der Waals surface area contributed by atoms with Crippen molar-refractivity contribution in [1.82, 2.24) is 0 Å². The van der Waals surface area contributed by atoms with Crippen molar-refractivity contribution >= 4 is 22.6 Å². The highest BCUT2D eigenvalue weighted by Gasteiger charge is 2.98. The summed E-state index contributed by atoms with van der Waals surface area (Å²) < 4.78 is 277. The Morgan fingerprint density at radius 1 is 0.314 bits per heavy atom. The van der Waals surface area contributed by atoms with Gasteiger partial charge in [0.05, 0.1) is 0 Å². The van der Waals surface area contributed by atoms with Crippen LogP contribution in [0.3, 0.4) is 0 Å². The van der Waals surface area contributed by atoms with Crippen LogP contribution in [0.2, 0.25) is 0 Å². The molecular formula is C11HF22IO. The minimum absolute atomic E-state index is 1.37. The fourth-order valence-corrected chi connectivity index (χ4v) is 2.10. The van der Waals surface area contributed by atoms with Crippen molar-refractivity contribution in [2.75, 3.05) is 0 Å². The number of hydrogen-bond donors (Lipinski definition) is 1. The van der Waals surface area contributed by atoms with Gasteiger partial charge in [-0.15, -0.1) is 0 Å². The van der Waals surface area contributed by atoms with Crippen molar-refractivity contribution in [3.05, 3.63) is 0 Å². The summed E-state index contributed by atoms with van der Waals surface area (Å²) in [7, 11) is 0. The molecule has 0 saturated heterocycles. The zero-order valence-corrected chi connectivity index (χ0v) is 16.8. The van der Waals surface area contributed by atoms with Gasteiger partial charge >= 0.3 is 63.3 Å². The summed E-state index contributed by atoms with van der Waals surface area (Å²) in [6.07, 6.45) is -15.4. The molecular weight excluding hydrogens is 693 g/mol. The van der Waals surface area contributed by atoms with Gasteiger partial charge in [-0.05, 0) is 22.6 Å². The molecule has 0 radical (unpaired) electrons. The molecule has 0 fully saturated rings. The molecule has 0 aromatic carbocycles. The second kappa shape index (κ2) is 8.07. The maximum atomic E-state index is 13.5. The lowest BCUT2D eigenvalue weighted by molar-refractivity contribution is -0.476. The van der Waals surface area contributed by atoms with Gasteiger partial charge in [-0.2, -0.15) is 87.8 Å². The van der Waals surface area contributed by atoms with E-state index in [0.717, 1.165) is 0 Å². The lowest BCUT2D eigenvalue weighted by Gasteiger charge is -2.45. The highest BCUT2D eigenvalue weighted by Crippen LogP contribution is 2.66. The Bertz CT molecular complexity index is 722. The second-order valence-electron chi connectivity index (χ2n) is 6.21. The minimum atomic E-state index is -9.25. The van der Waals surface area contributed by atoms with Crippen molar-refractivity contribution in [2.24, 2.45) is 0 Å². The van der Waals surface area contributed by atoms with Gasteiger partial charge in [0.2, 0.25) is 0 Å². The zero-order valence-electron chi connectivity index (χ0n) is 14.6. The first kappa shape index (κ1) is 34.1. The molecule has 1 N–H and O–H groups in total. The maximum Gasteiger partial charge on any atom is 0.460 e. The van der Waals surface area contributed by atoms with Crippen LogP contribution < -0.4 is 0 Å². The number of halogens is 23. The van der Waals surface area contributed by atoms with Crippen LogP contribution in [-0.4, -0.2) is 68.4 Å². The van der Waals surface area contributed by atoms with E-state index in [-0.39, 0.29) is 0 Å². The molecule has 2 unspecified atom stereocenters. The van der Waals surface area contributed by atoms with Crippen molar-refractivity contribution < 1.29 is 102 Å². The molecule has 1 nitrogen and oxygen atoms in total. The molecule has 0 aliphatic rings. The first-order valence-corrected chi connectivity index (χ1v) is 8.15. The van der Waals surface area contributed by atoms with Crippen LogP contribution in [0.4, 0.5) is 96.6 Å². The highest BCUT2D eigenvalue weighted by molar-refractivity contribution is 14.1. The van der Waals surface area contributed by atoms with Crippen LogP contribution in [0.25, 0.3) is 0 Å². The number of rotatable bonds is 8. The molecule has 0 amide bonds. The van der Waals surface area contributed by atoms with E-state index >= 15 is 0 Å². The molecule has 212 valence electrons. The third-order valence-electron chi connectivity index (χ3n) is 3.91. The Kier molecular flexibility index (Phi) is 7.88. The molecule has 35 heavy (non-hydrogen) atoms. The lowest BCUT2D eigenvalue weighted by atomic mass is 9.86. The van der Waals surface area contributed by atoms with E-state index in [9.17, 15) is 96.6 Å². The lowest BCUT2D eigenvalue weighted by Crippen LogP contribution is -2.78. The third kappa shape index (κ3) is 4.05. The maximum absolute atomic E-state index is 13.5. The summed E-state index contributed by atoms with van der Waals surface area (Å²) in [6, 6.07) is 0. The Morgan fingerprint density at radius 2 is 0.514 bits per heavy atom. The van der Waals surface area contributed by atoms with E-state index in [1.165, 1.54) is 0 Å². The van der Waals surface area contributed by atoms with Gasteiger partial charge in [-0.3, -0.25) is 0 Å². The van der Waals surface area contributed by atoms with E-state index in [4.69, 9.17) is 5.11 Å². The van der Waals surface area contributed by atoms with Gasteiger partial charge in [0, 0.05) is 0 Å². The van der Waals surface area contributed by atoms with Crippen LogP contribution in [0.5, 0.6) is 0 Å². The first-order valence-electron chi connectivity index (χ1n) is 7.07. The number of aliphatic hydroxyl groups is 1. The predicted octanol–water partition coefficient (Wildman–Crippen LogP) is 7.32. The van der Waals surface area contributed by atoms with E-state index in [2.05, 4.69) is 0 Å². The van der Waals surface area contributed by atoms with Gasteiger partial charge in [0.1, 0.15) is 0 Å². The average molecular weight is 694 g/mol. The van der Waals surface area contributed by atoms with Crippen molar-refractivity contribution in [1.29, 1.82) is 0 Å². The van der Waals surface area contributed by atoms with Crippen LogP contribution in [0.15, 0.2) is 0 Å². The summed E-state index contributed by atoms with van der Waals surface area (Å²) >= 11 is -1.37. The average Bonchev–Trinajstić information content (AvgIpc) is 2.58. The Hall–Kier alpha value is -0.850. The standard InChI is InChI=1S/C11HF22IO/c12-1(13,3(16,17)5(20,21)7(24,25)10(28,29)30)2(14,15)4(18,19)6(22,23)9(27,35)8(26,34)11(31,32)33/h35H. The largest absolute Gasteiger partial charge is 0.460 e. The van der Waals surface area contributed by atoms with Crippen molar-refractivity contribution in [3.8, 4) is 0 Å². The quantitative estimate of drug-likeness (QED) is 0.161. The van der Waals surface area contributed by atoms with E-state index in [1.807, 2.05) is 0 Å². The molecule has 0 heterocycles. The van der Waals surface area contributed by atoms with Crippen LogP contribution in [-0.2, 0) is 0 Å². The first-order chi connectivity index (χ1) is 14.5. The van der Waals surface area contributed by atoms with Crippen LogP contribution in [0, 0.1) is 0 Å². The second-order valence-corrected chi connectivity index (χ2v) is 7.70. The van der Waals surface area contributed by atoms with E-state index in [0.29, 0.717) is 0 Å². The molecule has 0 aromatic rings. The summed E-state index contributed by atoms with van der Waals surface area (Å²) in [5.74, 6) is -70.6. The zero-order chi connectivity index (χ0) is 29.5. The topological polar surface area (TPSA) is 20.2 Å². The normalized spacial score (nSPS) is 19.9. The Labute approximate surface area is 188 Å². The molecule has 0 rings (SSSR count). The monoisotopic (exact) mass is 694 g/mol. The SMILES string of the molecule is OC(F)(C(F)(F)C(F)(F)C(F)(F)C(F)(F)C(F)(F)C(F)(F)C(F)(F)C(F)(F)F)C(F)(I)C(F)(F)F. The molecule has 0 aliphatic heterocycles. The van der Waals surface area contributed by atoms with E-state index < -0.39 is 85.9 Å².